The van der Waals surface area contributed by atoms with Gasteiger partial charge >= 0.3 is 6.18 Å². The number of rotatable bonds is 6. The van der Waals surface area contributed by atoms with Crippen LogP contribution >= 0.6 is 0 Å². The van der Waals surface area contributed by atoms with Gasteiger partial charge in [-0.25, -0.2) is 8.42 Å². The molecule has 0 bridgehead atoms. The number of ether oxygens (including phenoxy) is 1. The van der Waals surface area contributed by atoms with Gasteiger partial charge in [-0.15, -0.1) is 4.83 Å². The van der Waals surface area contributed by atoms with Crippen molar-refractivity contribution in [1.29, 1.82) is 0 Å². The predicted molar refractivity (Wildman–Crippen MR) is 86.6 cm³/mol. The molecule has 0 aromatic heterocycles. The molecule has 2 N–H and O–H groups in total. The number of benzene rings is 2. The molecular formula is C16H15F3N2O4S. The average molecular weight is 388 g/mol. The van der Waals surface area contributed by atoms with E-state index in [-0.39, 0.29) is 0 Å². The van der Waals surface area contributed by atoms with E-state index in [0.29, 0.717) is 11.8 Å². The summed E-state index contributed by atoms with van der Waals surface area (Å²) in [5.74, 6) is -0.400. The molecule has 0 heterocycles. The average Bonchev–Trinajstić information content (AvgIpc) is 2.58. The summed E-state index contributed by atoms with van der Waals surface area (Å²) in [7, 11) is -4.37. The molecule has 0 fully saturated rings. The molecule has 0 saturated heterocycles. The van der Waals surface area contributed by atoms with Crippen LogP contribution in [0.3, 0.4) is 0 Å². The third-order valence-corrected chi connectivity index (χ3v) is 4.40. The lowest BCUT2D eigenvalue weighted by Crippen LogP contribution is -2.43. The van der Waals surface area contributed by atoms with Crippen LogP contribution in [0.15, 0.2) is 53.4 Å². The van der Waals surface area contributed by atoms with Crippen LogP contribution in [0.4, 0.5) is 13.2 Å². The minimum atomic E-state index is -4.68. The van der Waals surface area contributed by atoms with Gasteiger partial charge in [-0.3, -0.25) is 10.2 Å². The number of nitrogens with one attached hydrogen (secondary N) is 2. The summed E-state index contributed by atoms with van der Waals surface area (Å²) in [5, 5.41) is 0. The highest BCUT2D eigenvalue weighted by atomic mass is 32.2. The number of hydrogen-bond donors (Lipinski definition) is 2. The van der Waals surface area contributed by atoms with Crippen molar-refractivity contribution >= 4 is 15.9 Å². The first kappa shape index (κ1) is 19.7. The number of sulfonamides is 1. The Morgan fingerprint density at radius 1 is 1.12 bits per heavy atom. The van der Waals surface area contributed by atoms with Gasteiger partial charge < -0.3 is 4.74 Å². The molecule has 0 aliphatic rings. The number of aryl methyl sites for hydroxylation is 1. The molecule has 2 rings (SSSR count). The fraction of sp³-hybridized carbons (Fsp3) is 0.188. The maximum Gasteiger partial charge on any atom is 0.416 e. The van der Waals surface area contributed by atoms with E-state index in [4.69, 9.17) is 4.74 Å². The SMILES string of the molecule is Cc1cccc(OCC(=O)NNS(=O)(=O)c2cccc(C(F)(F)F)c2)c1. The van der Waals surface area contributed by atoms with Crippen LogP contribution in [0.1, 0.15) is 11.1 Å². The lowest BCUT2D eigenvalue weighted by molar-refractivity contribution is -0.137. The summed E-state index contributed by atoms with van der Waals surface area (Å²) >= 11 is 0. The lowest BCUT2D eigenvalue weighted by atomic mass is 10.2. The first-order chi connectivity index (χ1) is 12.1. The molecule has 0 aliphatic carbocycles. The van der Waals surface area contributed by atoms with Gasteiger partial charge in [0.1, 0.15) is 5.75 Å². The van der Waals surface area contributed by atoms with Gasteiger partial charge in [0.2, 0.25) is 0 Å². The number of halogens is 3. The Morgan fingerprint density at radius 2 is 1.81 bits per heavy atom. The van der Waals surface area contributed by atoms with Crippen LogP contribution in [-0.2, 0) is 21.0 Å². The zero-order chi connectivity index (χ0) is 19.4. The summed E-state index contributed by atoms with van der Waals surface area (Å²) in [6.45, 7) is 1.35. The van der Waals surface area contributed by atoms with E-state index in [0.717, 1.165) is 23.8 Å². The van der Waals surface area contributed by atoms with Crippen LogP contribution in [0.25, 0.3) is 0 Å². The van der Waals surface area contributed by atoms with E-state index in [1.165, 1.54) is 0 Å². The molecule has 0 spiro atoms. The van der Waals surface area contributed by atoms with Crippen molar-refractivity contribution in [3.63, 3.8) is 0 Å². The Morgan fingerprint density at radius 3 is 2.46 bits per heavy atom. The van der Waals surface area contributed by atoms with Gasteiger partial charge in [0.15, 0.2) is 6.61 Å². The van der Waals surface area contributed by atoms with E-state index in [1.54, 1.807) is 23.0 Å². The summed E-state index contributed by atoms with van der Waals surface area (Å²) in [6.07, 6.45) is -4.68. The zero-order valence-corrected chi connectivity index (χ0v) is 14.3. The number of hydrazine groups is 1. The normalized spacial score (nSPS) is 11.8. The van der Waals surface area contributed by atoms with Crippen LogP contribution in [0.5, 0.6) is 5.75 Å². The van der Waals surface area contributed by atoms with Crippen LogP contribution < -0.4 is 15.0 Å². The molecule has 0 radical (unpaired) electrons. The van der Waals surface area contributed by atoms with Crippen LogP contribution in [0, 0.1) is 6.92 Å². The first-order valence-electron chi connectivity index (χ1n) is 7.25. The molecule has 0 atom stereocenters. The van der Waals surface area contributed by atoms with Gasteiger partial charge in [-0.05, 0) is 42.8 Å². The quantitative estimate of drug-likeness (QED) is 0.745. The van der Waals surface area contributed by atoms with Crippen molar-refractivity contribution in [2.45, 2.75) is 18.0 Å². The van der Waals surface area contributed by atoms with E-state index >= 15 is 0 Å². The number of hydrogen-bond acceptors (Lipinski definition) is 4. The Bertz CT molecular complexity index is 898. The van der Waals surface area contributed by atoms with E-state index in [1.807, 2.05) is 18.4 Å². The Kier molecular flexibility index (Phi) is 5.88. The molecule has 2 aromatic carbocycles. The number of alkyl halides is 3. The second-order valence-electron chi connectivity index (χ2n) is 5.28. The summed E-state index contributed by atoms with van der Waals surface area (Å²) in [5.41, 5.74) is 1.68. The predicted octanol–water partition coefficient (Wildman–Crippen LogP) is 2.40. The van der Waals surface area contributed by atoms with Crippen molar-refractivity contribution in [2.24, 2.45) is 0 Å². The zero-order valence-electron chi connectivity index (χ0n) is 13.5. The van der Waals surface area contributed by atoms with Gasteiger partial charge in [-0.1, -0.05) is 18.2 Å². The smallest absolute Gasteiger partial charge is 0.416 e. The molecule has 0 saturated carbocycles. The molecule has 0 aliphatic heterocycles. The number of carbonyl (C=O) groups is 1. The Hall–Kier alpha value is -2.59. The van der Waals surface area contributed by atoms with Gasteiger partial charge in [-0.2, -0.15) is 13.2 Å². The van der Waals surface area contributed by atoms with Crippen molar-refractivity contribution in [3.8, 4) is 5.75 Å². The summed E-state index contributed by atoms with van der Waals surface area (Å²) in [6, 6.07) is 10.0. The highest BCUT2D eigenvalue weighted by Gasteiger charge is 2.31. The molecule has 140 valence electrons. The molecule has 2 aromatic rings. The molecule has 0 unspecified atom stereocenters. The molecule has 6 nitrogen and oxygen atoms in total. The highest BCUT2D eigenvalue weighted by molar-refractivity contribution is 7.89. The van der Waals surface area contributed by atoms with Crippen molar-refractivity contribution < 1.29 is 31.1 Å². The third kappa shape index (κ3) is 5.46. The van der Waals surface area contributed by atoms with Gasteiger partial charge in [0.25, 0.3) is 15.9 Å². The standard InChI is InChI=1S/C16H15F3N2O4S/c1-11-4-2-6-13(8-11)25-10-15(22)20-21-26(23,24)14-7-3-5-12(9-14)16(17,18)19/h2-9,21H,10H2,1H3,(H,20,22). The maximum atomic E-state index is 12.7. The second kappa shape index (κ2) is 7.75. The summed E-state index contributed by atoms with van der Waals surface area (Å²) < 4.78 is 67.2. The highest BCUT2D eigenvalue weighted by Crippen LogP contribution is 2.30. The van der Waals surface area contributed by atoms with Crippen LogP contribution in [0.2, 0.25) is 0 Å². The minimum absolute atomic E-state index is 0.417. The largest absolute Gasteiger partial charge is 0.484 e. The molecular weight excluding hydrogens is 373 g/mol. The van der Waals surface area contributed by atoms with Crippen molar-refractivity contribution in [1.82, 2.24) is 10.3 Å². The lowest BCUT2D eigenvalue weighted by Gasteiger charge is -2.11. The molecule has 10 heteroatoms. The third-order valence-electron chi connectivity index (χ3n) is 3.16. The summed E-state index contributed by atoms with van der Waals surface area (Å²) in [4.78, 5) is 12.8. The van der Waals surface area contributed by atoms with Crippen molar-refractivity contribution in [3.05, 3.63) is 59.7 Å². The second-order valence-corrected chi connectivity index (χ2v) is 6.97. The maximum absolute atomic E-state index is 12.7. The topological polar surface area (TPSA) is 84.5 Å². The fourth-order valence-electron chi connectivity index (χ4n) is 1.91. The van der Waals surface area contributed by atoms with E-state index < -0.39 is 39.2 Å². The first-order valence-corrected chi connectivity index (χ1v) is 8.73. The Labute approximate surface area is 148 Å². The minimum Gasteiger partial charge on any atom is -0.484 e. The Balaban J connectivity index is 1.96. The number of carbonyl (C=O) groups excluding carboxylic acids is 1. The molecule has 26 heavy (non-hydrogen) atoms. The van der Waals surface area contributed by atoms with Gasteiger partial charge in [0.05, 0.1) is 10.5 Å². The number of amides is 1. The van der Waals surface area contributed by atoms with E-state index in [9.17, 15) is 26.4 Å². The van der Waals surface area contributed by atoms with E-state index in [2.05, 4.69) is 0 Å². The monoisotopic (exact) mass is 388 g/mol. The van der Waals surface area contributed by atoms with Crippen LogP contribution in [-0.4, -0.2) is 20.9 Å². The fourth-order valence-corrected chi connectivity index (χ4v) is 2.82. The van der Waals surface area contributed by atoms with Crippen molar-refractivity contribution in [2.75, 3.05) is 6.61 Å². The molecule has 1 amide bonds. The van der Waals surface area contributed by atoms with Gasteiger partial charge in [0, 0.05) is 0 Å².